The first-order valence-corrected chi connectivity index (χ1v) is 8.17. The number of hydrogen-bond acceptors (Lipinski definition) is 8. The second-order valence-electron chi connectivity index (χ2n) is 4.21. The quantitative estimate of drug-likeness (QED) is 0.165. The Labute approximate surface area is 134 Å². The van der Waals surface area contributed by atoms with E-state index in [0.717, 1.165) is 33.7 Å². The number of nitrogens with two attached hydrogens (primary N) is 2. The van der Waals surface area contributed by atoms with Gasteiger partial charge in [-0.25, -0.2) is 9.59 Å². The summed E-state index contributed by atoms with van der Waals surface area (Å²) >= 11 is 0. The van der Waals surface area contributed by atoms with E-state index in [1.54, 1.807) is 0 Å². The van der Waals surface area contributed by atoms with E-state index in [4.69, 9.17) is 21.7 Å². The average molecular weight is 348 g/mol. The topological polar surface area (TPSA) is 161 Å². The largest absolute Gasteiger partial charge is 0.480 e. The van der Waals surface area contributed by atoms with Crippen LogP contribution >= 0.6 is 21.6 Å². The van der Waals surface area contributed by atoms with Crippen molar-refractivity contribution in [1.29, 1.82) is 0 Å². The fraction of sp³-hybridized carbons (Fsp3) is 0.333. The normalized spacial score (nSPS) is 15.9. The van der Waals surface area contributed by atoms with E-state index in [9.17, 15) is 19.2 Å². The third-order valence-electron chi connectivity index (χ3n) is 2.67. The Morgan fingerprint density at radius 1 is 0.864 bits per heavy atom. The molecule has 122 valence electrons. The zero-order valence-corrected chi connectivity index (χ0v) is 13.1. The van der Waals surface area contributed by atoms with Crippen LogP contribution in [0.5, 0.6) is 0 Å². The van der Waals surface area contributed by atoms with Crippen LogP contribution in [0, 0.1) is 0 Å². The molecule has 0 amide bonds. The first-order valence-electron chi connectivity index (χ1n) is 5.69. The molecule has 0 aromatic rings. The van der Waals surface area contributed by atoms with Gasteiger partial charge < -0.3 is 21.7 Å². The van der Waals surface area contributed by atoms with Crippen molar-refractivity contribution in [3.05, 3.63) is 25.3 Å². The Morgan fingerprint density at radius 2 is 1.14 bits per heavy atom. The third kappa shape index (κ3) is 4.44. The Balaban J connectivity index is 4.82. The molecule has 0 aromatic heterocycles. The van der Waals surface area contributed by atoms with Crippen molar-refractivity contribution in [1.82, 2.24) is 0 Å². The fourth-order valence-electron chi connectivity index (χ4n) is 1.11. The van der Waals surface area contributed by atoms with Crippen LogP contribution in [0.2, 0.25) is 0 Å². The molecule has 0 spiro atoms. The first kappa shape index (κ1) is 20.4. The standard InChI is InChI=1S/C12H16N2O6S2/c1-3-7(15)11(13,9(17)18)5-21-22-6-12(14,10(19)20)8(16)4-2/h3-4H,1-2,5-6,13-14H2,(H,17,18)(H,19,20). The molecule has 2 unspecified atom stereocenters. The van der Waals surface area contributed by atoms with Crippen molar-refractivity contribution in [3.63, 3.8) is 0 Å². The highest BCUT2D eigenvalue weighted by molar-refractivity contribution is 8.76. The zero-order valence-electron chi connectivity index (χ0n) is 11.5. The van der Waals surface area contributed by atoms with Crippen LogP contribution in [0.1, 0.15) is 0 Å². The minimum atomic E-state index is -2.18. The summed E-state index contributed by atoms with van der Waals surface area (Å²) in [5, 5.41) is 18.0. The van der Waals surface area contributed by atoms with Gasteiger partial charge in [0.25, 0.3) is 0 Å². The lowest BCUT2D eigenvalue weighted by atomic mass is 9.98. The summed E-state index contributed by atoms with van der Waals surface area (Å²) < 4.78 is 0. The smallest absolute Gasteiger partial charge is 0.332 e. The molecule has 0 saturated carbocycles. The van der Waals surface area contributed by atoms with Gasteiger partial charge in [0.1, 0.15) is 0 Å². The Hall–Kier alpha value is -1.62. The number of carbonyl (C=O) groups excluding carboxylic acids is 2. The number of aliphatic carboxylic acids is 2. The van der Waals surface area contributed by atoms with E-state index in [-0.39, 0.29) is 11.5 Å². The van der Waals surface area contributed by atoms with Crippen LogP contribution in [0.3, 0.4) is 0 Å². The highest BCUT2D eigenvalue weighted by Crippen LogP contribution is 2.29. The van der Waals surface area contributed by atoms with Crippen molar-refractivity contribution in [2.24, 2.45) is 11.5 Å². The van der Waals surface area contributed by atoms with Gasteiger partial charge in [0.05, 0.1) is 0 Å². The van der Waals surface area contributed by atoms with Crippen LogP contribution in [0.4, 0.5) is 0 Å². The molecule has 0 bridgehead atoms. The van der Waals surface area contributed by atoms with E-state index in [1.807, 2.05) is 0 Å². The minimum absolute atomic E-state index is 0.351. The number of carboxylic acids is 2. The van der Waals surface area contributed by atoms with Gasteiger partial charge in [-0.2, -0.15) is 0 Å². The van der Waals surface area contributed by atoms with Crippen molar-refractivity contribution < 1.29 is 29.4 Å². The number of ketones is 2. The molecule has 8 nitrogen and oxygen atoms in total. The summed E-state index contributed by atoms with van der Waals surface area (Å²) in [6.07, 6.45) is 1.59. The summed E-state index contributed by atoms with van der Waals surface area (Å²) in [7, 11) is 1.63. The maximum absolute atomic E-state index is 11.5. The molecule has 0 radical (unpaired) electrons. The zero-order chi connectivity index (χ0) is 17.6. The Morgan fingerprint density at radius 3 is 1.32 bits per heavy atom. The summed E-state index contributed by atoms with van der Waals surface area (Å²) in [5.41, 5.74) is 6.65. The predicted molar refractivity (Wildman–Crippen MR) is 84.4 cm³/mol. The summed E-state index contributed by atoms with van der Waals surface area (Å²) in [6, 6.07) is 0. The van der Waals surface area contributed by atoms with Crippen LogP contribution in [-0.2, 0) is 19.2 Å². The number of carboxylic acid groups (broad SMARTS) is 2. The first-order chi connectivity index (χ1) is 10.1. The van der Waals surface area contributed by atoms with Crippen molar-refractivity contribution in [2.75, 3.05) is 11.5 Å². The molecule has 0 aromatic carbocycles. The fourth-order valence-corrected chi connectivity index (χ4v) is 3.80. The SMILES string of the molecule is C=CC(=O)C(N)(CSSCC(N)(C(=O)O)C(=O)C=C)C(=O)O. The van der Waals surface area contributed by atoms with Crippen LogP contribution in [0.15, 0.2) is 25.3 Å². The van der Waals surface area contributed by atoms with Crippen molar-refractivity contribution >= 4 is 45.1 Å². The van der Waals surface area contributed by atoms with E-state index in [0.29, 0.717) is 0 Å². The second-order valence-corrected chi connectivity index (χ2v) is 6.68. The van der Waals surface area contributed by atoms with Crippen molar-refractivity contribution in [2.45, 2.75) is 11.1 Å². The molecule has 2 atom stereocenters. The van der Waals surface area contributed by atoms with Crippen LogP contribution in [0.25, 0.3) is 0 Å². The molecule has 0 aliphatic rings. The van der Waals surface area contributed by atoms with E-state index < -0.39 is 34.6 Å². The molecular weight excluding hydrogens is 332 g/mol. The van der Waals surface area contributed by atoms with Gasteiger partial charge in [0.15, 0.2) is 22.6 Å². The van der Waals surface area contributed by atoms with Gasteiger partial charge in [-0.3, -0.25) is 9.59 Å². The predicted octanol–water partition coefficient (Wildman–Crippen LogP) is -0.558. The highest BCUT2D eigenvalue weighted by Gasteiger charge is 2.43. The van der Waals surface area contributed by atoms with E-state index >= 15 is 0 Å². The van der Waals surface area contributed by atoms with E-state index in [2.05, 4.69) is 13.2 Å². The monoisotopic (exact) mass is 348 g/mol. The van der Waals surface area contributed by atoms with Gasteiger partial charge in [-0.15, -0.1) is 0 Å². The molecule has 0 aliphatic carbocycles. The summed E-state index contributed by atoms with van der Waals surface area (Å²) in [5.74, 6) is -5.54. The maximum Gasteiger partial charge on any atom is 0.332 e. The third-order valence-corrected chi connectivity index (χ3v) is 5.19. The van der Waals surface area contributed by atoms with Gasteiger partial charge in [-0.05, 0) is 12.2 Å². The van der Waals surface area contributed by atoms with Gasteiger partial charge in [0, 0.05) is 11.5 Å². The van der Waals surface area contributed by atoms with E-state index in [1.165, 1.54) is 0 Å². The average Bonchev–Trinajstić information content (AvgIpc) is 2.48. The molecule has 6 N–H and O–H groups in total. The highest BCUT2D eigenvalue weighted by atomic mass is 33.1. The molecule has 10 heteroatoms. The molecule has 0 aliphatic heterocycles. The summed E-state index contributed by atoms with van der Waals surface area (Å²) in [4.78, 5) is 45.1. The number of carbonyl (C=O) groups is 4. The molecule has 0 rings (SSSR count). The number of rotatable bonds is 11. The maximum atomic E-state index is 11.5. The van der Waals surface area contributed by atoms with Gasteiger partial charge >= 0.3 is 11.9 Å². The molecule has 22 heavy (non-hydrogen) atoms. The summed E-state index contributed by atoms with van der Waals surface area (Å²) in [6.45, 7) is 6.34. The lowest BCUT2D eigenvalue weighted by Gasteiger charge is -2.23. The molecule has 0 heterocycles. The lowest BCUT2D eigenvalue weighted by molar-refractivity contribution is -0.147. The van der Waals surface area contributed by atoms with Gasteiger partial charge in [0.2, 0.25) is 0 Å². The minimum Gasteiger partial charge on any atom is -0.480 e. The Kier molecular flexibility index (Phi) is 7.53. The van der Waals surface area contributed by atoms with Gasteiger partial charge in [-0.1, -0.05) is 34.7 Å². The number of hydrogen-bond donors (Lipinski definition) is 4. The molecule has 0 saturated heterocycles. The second kappa shape index (κ2) is 8.13. The Bertz CT molecular complexity index is 478. The molecule has 0 fully saturated rings. The van der Waals surface area contributed by atoms with Crippen molar-refractivity contribution in [3.8, 4) is 0 Å². The van der Waals surface area contributed by atoms with Crippen LogP contribution in [-0.4, -0.2) is 56.3 Å². The van der Waals surface area contributed by atoms with Crippen LogP contribution < -0.4 is 11.5 Å². The lowest BCUT2D eigenvalue weighted by Crippen LogP contribution is -2.57. The molecular formula is C12H16N2O6S2.